The van der Waals surface area contributed by atoms with Crippen molar-refractivity contribution in [3.8, 4) is 0 Å². The molecule has 0 atom stereocenters. The van der Waals surface area contributed by atoms with Crippen molar-refractivity contribution >= 4 is 0 Å². The lowest BCUT2D eigenvalue weighted by Crippen LogP contribution is -1.29. The van der Waals surface area contributed by atoms with Gasteiger partial charge in [0.1, 0.15) is 0 Å². The van der Waals surface area contributed by atoms with E-state index >= 15 is 0 Å². The highest BCUT2D eigenvalue weighted by Crippen LogP contribution is 0.711. The number of hydrogen-bond acceptors (Lipinski definition) is 3. The van der Waals surface area contributed by atoms with Gasteiger partial charge in [-0.3, -0.25) is 10.5 Å². The molecule has 0 aromatic heterocycles. The minimum atomic E-state index is 0. The first-order valence-electron chi connectivity index (χ1n) is 0.200. The smallest absolute Gasteiger partial charge is 0.0776 e. The predicted molar refractivity (Wildman–Crippen MR) is 17.0 cm³/mol. The van der Waals surface area contributed by atoms with Gasteiger partial charge in [-0.15, -0.1) is 0 Å². The van der Waals surface area contributed by atoms with E-state index in [4.69, 9.17) is 10.5 Å². The summed E-state index contributed by atoms with van der Waals surface area (Å²) in [6.45, 7) is 0. The van der Waals surface area contributed by atoms with Gasteiger partial charge >= 0.3 is 0 Å². The molecule has 0 radical (unpaired) electrons. The van der Waals surface area contributed by atoms with Crippen molar-refractivity contribution in [2.45, 2.75) is 7.43 Å². The number of hydrogen-bond donors (Lipinski definition) is 3. The molecule has 0 rings (SSSR count). The van der Waals surface area contributed by atoms with Crippen molar-refractivity contribution in [3.05, 3.63) is 0 Å². The Hall–Kier alpha value is -0.120. The van der Waals surface area contributed by atoms with Gasteiger partial charge in [-0.1, -0.05) is 7.43 Å². The molecule has 0 aromatic rings. The van der Waals surface area contributed by atoms with E-state index in [1.54, 1.807) is 0 Å². The first kappa shape index (κ1) is 41.6. The standard InChI is InChI=1S/CH4.H3N.H2O2/c;;1-2/h1H4;1H3;1-2H. The highest BCUT2D eigenvalue weighted by atomic mass is 17.0. The minimum absolute atomic E-state index is 0. The van der Waals surface area contributed by atoms with Crippen LogP contribution in [0.25, 0.3) is 0 Å². The fourth-order valence-electron chi connectivity index (χ4n) is 0. The molecule has 0 saturated heterocycles. The third kappa shape index (κ3) is 101. The molecular weight excluding hydrogens is 58.0 g/mol. The molecule has 0 heterocycles. The molecule has 0 aliphatic rings. The first-order valence-corrected chi connectivity index (χ1v) is 0.200. The maximum atomic E-state index is 6.00. The third-order valence-corrected chi connectivity index (χ3v) is 0. The Bertz CT molecular complexity index is 6.00. The lowest BCUT2D eigenvalue weighted by atomic mass is 12.0. The average molecular weight is 67.1 g/mol. The second kappa shape index (κ2) is 707. The molecule has 0 amide bonds. The zero-order valence-electron chi connectivity index (χ0n) is 1.60. The van der Waals surface area contributed by atoms with Crippen LogP contribution in [-0.2, 0) is 0 Å². The van der Waals surface area contributed by atoms with Crippen molar-refractivity contribution in [3.63, 3.8) is 0 Å². The van der Waals surface area contributed by atoms with Crippen LogP contribution in [-0.4, -0.2) is 10.5 Å². The van der Waals surface area contributed by atoms with Gasteiger partial charge in [0, 0.05) is 0 Å². The average Bonchev–Trinajstić information content (AvgIpc) is 1.00. The van der Waals surface area contributed by atoms with Crippen LogP contribution in [0.2, 0.25) is 0 Å². The topological polar surface area (TPSA) is 75.5 Å². The van der Waals surface area contributed by atoms with Gasteiger partial charge in [-0.2, -0.15) is 0 Å². The van der Waals surface area contributed by atoms with Crippen LogP contribution in [0, 0.1) is 0 Å². The second-order valence-electron chi connectivity index (χ2n) is 0. The van der Waals surface area contributed by atoms with E-state index in [1.807, 2.05) is 0 Å². The van der Waals surface area contributed by atoms with E-state index < -0.39 is 0 Å². The fraction of sp³-hybridized carbons (Fsp3) is 1.00. The summed E-state index contributed by atoms with van der Waals surface area (Å²) in [7, 11) is 0. The van der Waals surface area contributed by atoms with Crippen molar-refractivity contribution in [1.82, 2.24) is 6.15 Å². The third-order valence-electron chi connectivity index (χ3n) is 0. The highest BCUT2D eigenvalue weighted by molar-refractivity contribution is 2.50. The zero-order chi connectivity index (χ0) is 2.00. The summed E-state index contributed by atoms with van der Waals surface area (Å²) in [5.41, 5.74) is 0. The highest BCUT2D eigenvalue weighted by Gasteiger charge is 0.745. The van der Waals surface area contributed by atoms with Crippen molar-refractivity contribution in [2.75, 3.05) is 0 Å². The molecule has 0 bridgehead atoms. The monoisotopic (exact) mass is 67.1 g/mol. The summed E-state index contributed by atoms with van der Waals surface area (Å²) < 4.78 is 0. The molecule has 0 fully saturated rings. The molecule has 3 heteroatoms. The van der Waals surface area contributed by atoms with Crippen LogP contribution >= 0.6 is 0 Å². The molecule has 3 nitrogen and oxygen atoms in total. The van der Waals surface area contributed by atoms with Gasteiger partial charge in [-0.05, 0) is 0 Å². The van der Waals surface area contributed by atoms with E-state index in [0.29, 0.717) is 0 Å². The van der Waals surface area contributed by atoms with E-state index in [-0.39, 0.29) is 13.6 Å². The molecule has 0 aromatic carbocycles. The first-order chi connectivity index (χ1) is 1.00. The lowest BCUT2D eigenvalue weighted by Gasteiger charge is -1.25. The van der Waals surface area contributed by atoms with Crippen molar-refractivity contribution in [1.29, 1.82) is 0 Å². The van der Waals surface area contributed by atoms with Crippen LogP contribution in [0.15, 0.2) is 0 Å². The number of rotatable bonds is 0. The molecule has 0 saturated carbocycles. The van der Waals surface area contributed by atoms with Crippen LogP contribution < -0.4 is 6.15 Å². The van der Waals surface area contributed by atoms with Gasteiger partial charge in [0.2, 0.25) is 0 Å². The van der Waals surface area contributed by atoms with Gasteiger partial charge < -0.3 is 6.15 Å². The SMILES string of the molecule is C.N.OO. The van der Waals surface area contributed by atoms with E-state index in [9.17, 15) is 0 Å². The van der Waals surface area contributed by atoms with Crippen molar-refractivity contribution < 1.29 is 10.5 Å². The second-order valence-corrected chi connectivity index (χ2v) is 0. The fourth-order valence-corrected chi connectivity index (χ4v) is 0. The molecule has 4 heavy (non-hydrogen) atoms. The Morgan fingerprint density at radius 1 is 1.00 bits per heavy atom. The minimum Gasteiger partial charge on any atom is -0.344 e. The molecule has 0 unspecified atom stereocenters. The Morgan fingerprint density at radius 2 is 1.00 bits per heavy atom. The lowest BCUT2D eigenvalue weighted by molar-refractivity contribution is -0.176. The normalized spacial score (nSPS) is 1.50. The molecular formula is CH9NO2. The molecule has 5 N–H and O–H groups in total. The van der Waals surface area contributed by atoms with Crippen LogP contribution in [0.5, 0.6) is 0 Å². The van der Waals surface area contributed by atoms with Crippen LogP contribution in [0.4, 0.5) is 0 Å². The largest absolute Gasteiger partial charge is 0.344 e. The maximum Gasteiger partial charge on any atom is -0.0776 e. The quantitative estimate of drug-likeness (QED) is 0.290. The summed E-state index contributed by atoms with van der Waals surface area (Å²) in [4.78, 5) is 0. The molecule has 0 spiro atoms. The summed E-state index contributed by atoms with van der Waals surface area (Å²) in [6, 6.07) is 0. The summed E-state index contributed by atoms with van der Waals surface area (Å²) >= 11 is 0. The zero-order valence-corrected chi connectivity index (χ0v) is 1.60. The Labute approximate surface area is 25.4 Å². The summed E-state index contributed by atoms with van der Waals surface area (Å²) in [5, 5.41) is 12.0. The summed E-state index contributed by atoms with van der Waals surface area (Å²) in [6.07, 6.45) is 0. The maximum absolute atomic E-state index is 6.00. The molecule has 30 valence electrons. The Morgan fingerprint density at radius 3 is 1.00 bits per heavy atom. The Balaban J connectivity index is -0.00000000500. The van der Waals surface area contributed by atoms with Crippen molar-refractivity contribution in [2.24, 2.45) is 0 Å². The molecule has 0 aliphatic heterocycles. The van der Waals surface area contributed by atoms with Gasteiger partial charge in [-0.25, -0.2) is 0 Å². The van der Waals surface area contributed by atoms with E-state index in [2.05, 4.69) is 0 Å². The van der Waals surface area contributed by atoms with Gasteiger partial charge in [0.05, 0.1) is 0 Å². The van der Waals surface area contributed by atoms with Gasteiger partial charge in [0.25, 0.3) is 0 Å². The summed E-state index contributed by atoms with van der Waals surface area (Å²) in [5.74, 6) is 0. The van der Waals surface area contributed by atoms with E-state index in [1.165, 1.54) is 0 Å². The molecule has 0 aliphatic carbocycles. The van der Waals surface area contributed by atoms with Gasteiger partial charge in [0.15, 0.2) is 0 Å². The van der Waals surface area contributed by atoms with Crippen LogP contribution in [0.1, 0.15) is 7.43 Å². The van der Waals surface area contributed by atoms with E-state index in [0.717, 1.165) is 0 Å². The Kier molecular flexibility index (Phi) is 7340. The van der Waals surface area contributed by atoms with Crippen LogP contribution in [0.3, 0.4) is 0 Å². The predicted octanol–water partition coefficient (Wildman–Crippen LogP) is 0.815.